The summed E-state index contributed by atoms with van der Waals surface area (Å²) in [6.07, 6.45) is 6.41. The SMILES string of the molecule is CS(=O)(=O)NC[C@@H]1CCCN(C(=O)c2ccccc2-n2cccn2)C1. The highest BCUT2D eigenvalue weighted by atomic mass is 32.2. The van der Waals surface area contributed by atoms with E-state index in [4.69, 9.17) is 0 Å². The molecular weight excluding hydrogens is 340 g/mol. The number of carbonyl (C=O) groups excluding carboxylic acids is 1. The number of benzene rings is 1. The molecule has 25 heavy (non-hydrogen) atoms. The maximum atomic E-state index is 13.0. The molecule has 0 aliphatic carbocycles. The van der Waals surface area contributed by atoms with E-state index < -0.39 is 10.0 Å². The third-order valence-corrected chi connectivity index (χ3v) is 5.02. The molecule has 7 nitrogen and oxygen atoms in total. The van der Waals surface area contributed by atoms with Crippen LogP contribution in [0.5, 0.6) is 0 Å². The Bertz CT molecular complexity index is 833. The lowest BCUT2D eigenvalue weighted by Gasteiger charge is -2.33. The van der Waals surface area contributed by atoms with Crippen LogP contribution in [0.1, 0.15) is 23.2 Å². The molecule has 3 rings (SSSR count). The quantitative estimate of drug-likeness (QED) is 0.868. The van der Waals surface area contributed by atoms with Gasteiger partial charge in [0.2, 0.25) is 10.0 Å². The van der Waals surface area contributed by atoms with Crippen LogP contribution in [0.15, 0.2) is 42.7 Å². The van der Waals surface area contributed by atoms with Gasteiger partial charge in [-0.05, 0) is 37.0 Å². The van der Waals surface area contributed by atoms with E-state index in [9.17, 15) is 13.2 Å². The molecule has 1 aromatic carbocycles. The van der Waals surface area contributed by atoms with Crippen molar-refractivity contribution < 1.29 is 13.2 Å². The molecule has 0 radical (unpaired) electrons. The van der Waals surface area contributed by atoms with Gasteiger partial charge in [0.05, 0.1) is 17.5 Å². The molecule has 1 saturated heterocycles. The van der Waals surface area contributed by atoms with E-state index >= 15 is 0 Å². The molecule has 1 aromatic heterocycles. The van der Waals surface area contributed by atoms with Crippen LogP contribution in [0.2, 0.25) is 0 Å². The summed E-state index contributed by atoms with van der Waals surface area (Å²) < 4.78 is 26.8. The smallest absolute Gasteiger partial charge is 0.256 e. The van der Waals surface area contributed by atoms with Gasteiger partial charge < -0.3 is 4.90 Å². The number of amides is 1. The second-order valence-corrected chi connectivity index (χ2v) is 8.18. The van der Waals surface area contributed by atoms with Crippen molar-refractivity contribution in [2.24, 2.45) is 5.92 Å². The lowest BCUT2D eigenvalue weighted by molar-refractivity contribution is 0.0676. The Morgan fingerprint density at radius 3 is 2.84 bits per heavy atom. The molecule has 134 valence electrons. The van der Waals surface area contributed by atoms with Crippen LogP contribution in [0.3, 0.4) is 0 Å². The molecule has 2 heterocycles. The van der Waals surface area contributed by atoms with Crippen molar-refractivity contribution in [3.05, 3.63) is 48.3 Å². The Kier molecular flexibility index (Phi) is 5.19. The molecule has 1 amide bonds. The van der Waals surface area contributed by atoms with E-state index in [1.54, 1.807) is 28.0 Å². The van der Waals surface area contributed by atoms with Gasteiger partial charge in [-0.2, -0.15) is 5.10 Å². The summed E-state index contributed by atoms with van der Waals surface area (Å²) in [6.45, 7) is 1.60. The second-order valence-electron chi connectivity index (χ2n) is 6.35. The molecular formula is C17H22N4O3S. The summed E-state index contributed by atoms with van der Waals surface area (Å²) in [5, 5.41) is 4.22. The molecule has 8 heteroatoms. The molecule has 2 aromatic rings. The first kappa shape index (κ1) is 17.6. The fourth-order valence-electron chi connectivity index (χ4n) is 3.12. The lowest BCUT2D eigenvalue weighted by Crippen LogP contribution is -2.43. The fourth-order valence-corrected chi connectivity index (χ4v) is 3.66. The number of nitrogens with one attached hydrogen (secondary N) is 1. The summed E-state index contributed by atoms with van der Waals surface area (Å²) in [6, 6.07) is 9.20. The number of rotatable bonds is 5. The molecule has 0 unspecified atom stereocenters. The standard InChI is InChI=1S/C17H22N4O3S/c1-25(23,24)19-12-14-6-4-10-20(13-14)17(22)15-7-2-3-8-16(15)21-11-5-9-18-21/h2-3,5,7-9,11,14,19H,4,6,10,12-13H2,1H3/t14-/m0/s1. The van der Waals surface area contributed by atoms with Crippen molar-refractivity contribution in [2.75, 3.05) is 25.9 Å². The van der Waals surface area contributed by atoms with Crippen LogP contribution in [0.25, 0.3) is 5.69 Å². The summed E-state index contributed by atoms with van der Waals surface area (Å²) >= 11 is 0. The molecule has 1 fully saturated rings. The van der Waals surface area contributed by atoms with Crippen molar-refractivity contribution in [1.82, 2.24) is 19.4 Å². The van der Waals surface area contributed by atoms with E-state index in [-0.39, 0.29) is 11.8 Å². The number of likely N-dealkylation sites (tertiary alicyclic amines) is 1. The van der Waals surface area contributed by atoms with Crippen LogP contribution < -0.4 is 4.72 Å². The normalized spacial score (nSPS) is 18.3. The van der Waals surface area contributed by atoms with Crippen LogP contribution in [0, 0.1) is 5.92 Å². The summed E-state index contributed by atoms with van der Waals surface area (Å²) in [5.41, 5.74) is 1.34. The van der Waals surface area contributed by atoms with Gasteiger partial charge in [0, 0.05) is 32.0 Å². The molecule has 0 bridgehead atoms. The average molecular weight is 362 g/mol. The summed E-state index contributed by atoms with van der Waals surface area (Å²) in [7, 11) is -3.21. The van der Waals surface area contributed by atoms with Crippen LogP contribution >= 0.6 is 0 Å². The van der Waals surface area contributed by atoms with E-state index in [1.165, 1.54) is 0 Å². The minimum Gasteiger partial charge on any atom is -0.338 e. The van der Waals surface area contributed by atoms with E-state index in [1.807, 2.05) is 24.3 Å². The average Bonchev–Trinajstić information content (AvgIpc) is 3.13. The first-order chi connectivity index (χ1) is 11.9. The highest BCUT2D eigenvalue weighted by Gasteiger charge is 2.26. The predicted octanol–water partition coefficient (Wildman–Crippen LogP) is 1.27. The lowest BCUT2D eigenvalue weighted by atomic mass is 9.97. The molecule has 1 atom stereocenters. The molecule has 0 spiro atoms. The number of hydrogen-bond acceptors (Lipinski definition) is 4. The van der Waals surface area contributed by atoms with Crippen molar-refractivity contribution >= 4 is 15.9 Å². The molecule has 0 saturated carbocycles. The third kappa shape index (κ3) is 4.46. The Hall–Kier alpha value is -2.19. The topological polar surface area (TPSA) is 84.3 Å². The number of para-hydroxylation sites is 1. The van der Waals surface area contributed by atoms with Gasteiger partial charge in [0.15, 0.2) is 0 Å². The maximum Gasteiger partial charge on any atom is 0.256 e. The largest absolute Gasteiger partial charge is 0.338 e. The summed E-state index contributed by atoms with van der Waals surface area (Å²) in [4.78, 5) is 14.8. The Balaban J connectivity index is 1.75. The Morgan fingerprint density at radius 2 is 2.12 bits per heavy atom. The van der Waals surface area contributed by atoms with Crippen LogP contribution in [0.4, 0.5) is 0 Å². The minimum atomic E-state index is -3.21. The number of nitrogens with zero attached hydrogens (tertiary/aromatic N) is 3. The van der Waals surface area contributed by atoms with Gasteiger partial charge in [-0.1, -0.05) is 12.1 Å². The maximum absolute atomic E-state index is 13.0. The zero-order chi connectivity index (χ0) is 17.9. The van der Waals surface area contributed by atoms with Crippen molar-refractivity contribution in [1.29, 1.82) is 0 Å². The number of hydrogen-bond donors (Lipinski definition) is 1. The van der Waals surface area contributed by atoms with Crippen LogP contribution in [-0.2, 0) is 10.0 Å². The first-order valence-corrected chi connectivity index (χ1v) is 10.2. The Labute approximate surface area is 147 Å². The number of carbonyl (C=O) groups is 1. The number of piperidine rings is 1. The molecule has 1 aliphatic heterocycles. The third-order valence-electron chi connectivity index (χ3n) is 4.33. The molecule has 1 aliphatic rings. The highest BCUT2D eigenvalue weighted by Crippen LogP contribution is 2.21. The van der Waals surface area contributed by atoms with Crippen molar-refractivity contribution in [3.63, 3.8) is 0 Å². The highest BCUT2D eigenvalue weighted by molar-refractivity contribution is 7.88. The monoisotopic (exact) mass is 362 g/mol. The predicted molar refractivity (Wildman–Crippen MR) is 95.0 cm³/mol. The van der Waals surface area contributed by atoms with Gasteiger partial charge in [0.1, 0.15) is 0 Å². The first-order valence-electron chi connectivity index (χ1n) is 8.27. The van der Waals surface area contributed by atoms with Crippen LogP contribution in [-0.4, -0.2) is 54.9 Å². The van der Waals surface area contributed by atoms with Gasteiger partial charge >= 0.3 is 0 Å². The zero-order valence-electron chi connectivity index (χ0n) is 14.1. The number of sulfonamides is 1. The van der Waals surface area contributed by atoms with Crippen molar-refractivity contribution in [2.45, 2.75) is 12.8 Å². The van der Waals surface area contributed by atoms with Gasteiger partial charge in [0.25, 0.3) is 5.91 Å². The minimum absolute atomic E-state index is 0.0462. The van der Waals surface area contributed by atoms with Gasteiger partial charge in [-0.25, -0.2) is 17.8 Å². The molecule has 1 N–H and O–H groups in total. The fraction of sp³-hybridized carbons (Fsp3) is 0.412. The summed E-state index contributed by atoms with van der Waals surface area (Å²) in [5.74, 6) is 0.0828. The van der Waals surface area contributed by atoms with E-state index in [0.717, 1.165) is 24.8 Å². The zero-order valence-corrected chi connectivity index (χ0v) is 14.9. The Morgan fingerprint density at radius 1 is 1.32 bits per heavy atom. The second kappa shape index (κ2) is 7.37. The van der Waals surface area contributed by atoms with Gasteiger partial charge in [-0.3, -0.25) is 4.79 Å². The van der Waals surface area contributed by atoms with E-state index in [2.05, 4.69) is 9.82 Å². The number of aromatic nitrogens is 2. The van der Waals surface area contributed by atoms with E-state index in [0.29, 0.717) is 25.2 Å². The van der Waals surface area contributed by atoms with Crippen molar-refractivity contribution in [3.8, 4) is 5.69 Å². The van der Waals surface area contributed by atoms with Gasteiger partial charge in [-0.15, -0.1) is 0 Å².